The lowest BCUT2D eigenvalue weighted by molar-refractivity contribution is 0.0614. The molecule has 20 heavy (non-hydrogen) atoms. The van der Waals surface area contributed by atoms with Crippen LogP contribution in [0.3, 0.4) is 0 Å². The van der Waals surface area contributed by atoms with Crippen molar-refractivity contribution in [2.75, 3.05) is 20.1 Å². The van der Waals surface area contributed by atoms with Crippen LogP contribution in [0.25, 0.3) is 0 Å². The number of piperidine rings is 1. The van der Waals surface area contributed by atoms with Gasteiger partial charge in [0.25, 0.3) is 5.91 Å². The number of likely N-dealkylation sites (N-methyl/N-ethyl adjacent to an activating group) is 1. The second-order valence-corrected chi connectivity index (χ2v) is 4.96. The molecule has 1 N–H and O–H groups in total. The van der Waals surface area contributed by atoms with Gasteiger partial charge in [-0.15, -0.1) is 0 Å². The molecule has 0 aliphatic carbocycles. The summed E-state index contributed by atoms with van der Waals surface area (Å²) >= 11 is 0. The molecular weight excluding hydrogens is 269 g/mol. The fourth-order valence-electron chi connectivity index (χ4n) is 2.56. The molecule has 1 atom stereocenters. The molecule has 1 heterocycles. The Bertz CT molecular complexity index is 482. The lowest BCUT2D eigenvalue weighted by Gasteiger charge is -2.35. The van der Waals surface area contributed by atoms with Crippen molar-refractivity contribution in [3.63, 3.8) is 0 Å². The Balaban J connectivity index is 2.25. The zero-order valence-electron chi connectivity index (χ0n) is 11.3. The van der Waals surface area contributed by atoms with E-state index < -0.39 is 23.4 Å². The third-order valence-corrected chi connectivity index (χ3v) is 3.56. The standard InChI is InChI=1S/C14H17F3N2O/c1-18-8-10-4-2-3-5-19(10)14(20)9-6-11(15)13(17)12(16)7-9/h6-7,10,18H,2-5,8H2,1H3. The van der Waals surface area contributed by atoms with Crippen molar-refractivity contribution in [3.8, 4) is 0 Å². The van der Waals surface area contributed by atoms with Gasteiger partial charge in [0.1, 0.15) is 0 Å². The number of carbonyl (C=O) groups excluding carboxylic acids is 1. The summed E-state index contributed by atoms with van der Waals surface area (Å²) in [6, 6.07) is 1.51. The van der Waals surface area contributed by atoms with Gasteiger partial charge < -0.3 is 10.2 Å². The number of hydrogen-bond donors (Lipinski definition) is 1. The summed E-state index contributed by atoms with van der Waals surface area (Å²) in [7, 11) is 1.79. The molecule has 0 aromatic heterocycles. The molecule has 1 aliphatic heterocycles. The molecule has 6 heteroatoms. The minimum atomic E-state index is -1.55. The van der Waals surface area contributed by atoms with E-state index in [1.54, 1.807) is 11.9 Å². The molecule has 0 bridgehead atoms. The van der Waals surface area contributed by atoms with E-state index in [2.05, 4.69) is 5.32 Å². The van der Waals surface area contributed by atoms with Crippen molar-refractivity contribution in [1.29, 1.82) is 0 Å². The Kier molecular flexibility index (Phi) is 4.65. The van der Waals surface area contributed by atoms with Crippen LogP contribution in [-0.2, 0) is 0 Å². The number of nitrogens with one attached hydrogen (secondary N) is 1. The van der Waals surface area contributed by atoms with Crippen LogP contribution >= 0.6 is 0 Å². The summed E-state index contributed by atoms with van der Waals surface area (Å²) in [4.78, 5) is 13.9. The van der Waals surface area contributed by atoms with E-state index in [1.165, 1.54) is 0 Å². The predicted molar refractivity (Wildman–Crippen MR) is 68.9 cm³/mol. The quantitative estimate of drug-likeness (QED) is 0.865. The molecule has 0 spiro atoms. The third kappa shape index (κ3) is 2.95. The molecule has 1 unspecified atom stereocenters. The topological polar surface area (TPSA) is 32.3 Å². The number of carbonyl (C=O) groups is 1. The Morgan fingerprint density at radius 1 is 1.30 bits per heavy atom. The number of benzene rings is 1. The summed E-state index contributed by atoms with van der Waals surface area (Å²) < 4.78 is 39.4. The van der Waals surface area contributed by atoms with Gasteiger partial charge in [-0.1, -0.05) is 0 Å². The van der Waals surface area contributed by atoms with Crippen LogP contribution in [0.1, 0.15) is 29.6 Å². The molecule has 1 saturated heterocycles. The number of halogens is 3. The first-order chi connectivity index (χ1) is 9.54. The van der Waals surface area contributed by atoms with E-state index >= 15 is 0 Å². The van der Waals surface area contributed by atoms with Crippen LogP contribution in [0.2, 0.25) is 0 Å². The number of amides is 1. The molecule has 1 aliphatic rings. The molecule has 1 fully saturated rings. The van der Waals surface area contributed by atoms with Gasteiger partial charge in [-0.05, 0) is 38.4 Å². The van der Waals surface area contributed by atoms with Crippen molar-refractivity contribution < 1.29 is 18.0 Å². The highest BCUT2D eigenvalue weighted by Crippen LogP contribution is 2.21. The molecule has 110 valence electrons. The van der Waals surface area contributed by atoms with Gasteiger partial charge in [0, 0.05) is 24.7 Å². The van der Waals surface area contributed by atoms with Crippen LogP contribution < -0.4 is 5.32 Å². The zero-order valence-corrected chi connectivity index (χ0v) is 11.3. The Morgan fingerprint density at radius 2 is 1.95 bits per heavy atom. The average Bonchev–Trinajstić information content (AvgIpc) is 2.44. The van der Waals surface area contributed by atoms with Gasteiger partial charge in [-0.25, -0.2) is 13.2 Å². The second kappa shape index (κ2) is 6.26. The second-order valence-electron chi connectivity index (χ2n) is 4.96. The number of nitrogens with zero attached hydrogens (tertiary/aromatic N) is 1. The molecule has 1 amide bonds. The van der Waals surface area contributed by atoms with Crippen molar-refractivity contribution in [3.05, 3.63) is 35.1 Å². The van der Waals surface area contributed by atoms with E-state index in [9.17, 15) is 18.0 Å². The maximum absolute atomic E-state index is 13.2. The predicted octanol–water partition coefficient (Wildman–Crippen LogP) is 2.32. The van der Waals surface area contributed by atoms with Gasteiger partial charge in [-0.3, -0.25) is 4.79 Å². The van der Waals surface area contributed by atoms with Crippen LogP contribution in [0.5, 0.6) is 0 Å². The number of likely N-dealkylation sites (tertiary alicyclic amines) is 1. The summed E-state index contributed by atoms with van der Waals surface area (Å²) in [5, 5.41) is 3.00. The maximum atomic E-state index is 13.2. The summed E-state index contributed by atoms with van der Waals surface area (Å²) in [6.07, 6.45) is 2.72. The number of rotatable bonds is 3. The Hall–Kier alpha value is -1.56. The molecule has 0 radical (unpaired) electrons. The van der Waals surface area contributed by atoms with Crippen molar-refractivity contribution in [1.82, 2.24) is 10.2 Å². The number of hydrogen-bond acceptors (Lipinski definition) is 2. The molecule has 1 aromatic rings. The molecule has 0 saturated carbocycles. The van der Waals surface area contributed by atoms with Gasteiger partial charge >= 0.3 is 0 Å². The van der Waals surface area contributed by atoms with Crippen LogP contribution in [-0.4, -0.2) is 37.0 Å². The molecule has 3 nitrogen and oxygen atoms in total. The third-order valence-electron chi connectivity index (χ3n) is 3.56. The smallest absolute Gasteiger partial charge is 0.254 e. The van der Waals surface area contributed by atoms with E-state index in [4.69, 9.17) is 0 Å². The fourth-order valence-corrected chi connectivity index (χ4v) is 2.56. The van der Waals surface area contributed by atoms with Gasteiger partial charge in [0.2, 0.25) is 0 Å². The normalized spacial score (nSPS) is 19.2. The van der Waals surface area contributed by atoms with Crippen LogP contribution in [0.4, 0.5) is 13.2 Å². The summed E-state index contributed by atoms with van der Waals surface area (Å²) in [5.74, 6) is -4.68. The lowest BCUT2D eigenvalue weighted by atomic mass is 10.0. The van der Waals surface area contributed by atoms with Crippen LogP contribution in [0.15, 0.2) is 12.1 Å². The van der Waals surface area contributed by atoms with E-state index in [0.29, 0.717) is 13.1 Å². The molecule has 2 rings (SSSR count). The SMILES string of the molecule is CNCC1CCCCN1C(=O)c1cc(F)c(F)c(F)c1. The summed E-state index contributed by atoms with van der Waals surface area (Å²) in [6.45, 7) is 1.17. The first kappa shape index (κ1) is 14.8. The monoisotopic (exact) mass is 286 g/mol. The van der Waals surface area contributed by atoms with Gasteiger partial charge in [-0.2, -0.15) is 0 Å². The zero-order chi connectivity index (χ0) is 14.7. The van der Waals surface area contributed by atoms with Crippen molar-refractivity contribution in [2.45, 2.75) is 25.3 Å². The first-order valence-corrected chi connectivity index (χ1v) is 6.64. The van der Waals surface area contributed by atoms with Crippen molar-refractivity contribution in [2.24, 2.45) is 0 Å². The Labute approximate surface area is 115 Å². The first-order valence-electron chi connectivity index (χ1n) is 6.64. The van der Waals surface area contributed by atoms with Crippen LogP contribution in [0, 0.1) is 17.5 Å². The largest absolute Gasteiger partial charge is 0.334 e. The van der Waals surface area contributed by atoms with E-state index in [-0.39, 0.29) is 11.6 Å². The minimum Gasteiger partial charge on any atom is -0.334 e. The Morgan fingerprint density at radius 3 is 2.55 bits per heavy atom. The van der Waals surface area contributed by atoms with E-state index in [0.717, 1.165) is 31.4 Å². The average molecular weight is 286 g/mol. The fraction of sp³-hybridized carbons (Fsp3) is 0.500. The molecule has 1 aromatic carbocycles. The van der Waals surface area contributed by atoms with E-state index in [1.807, 2.05) is 0 Å². The highest BCUT2D eigenvalue weighted by molar-refractivity contribution is 5.94. The van der Waals surface area contributed by atoms with Crippen molar-refractivity contribution >= 4 is 5.91 Å². The maximum Gasteiger partial charge on any atom is 0.254 e. The lowest BCUT2D eigenvalue weighted by Crippen LogP contribution is -2.48. The highest BCUT2D eigenvalue weighted by Gasteiger charge is 2.28. The molecular formula is C14H17F3N2O. The van der Waals surface area contributed by atoms with Gasteiger partial charge in [0.15, 0.2) is 17.5 Å². The summed E-state index contributed by atoms with van der Waals surface area (Å²) in [5.41, 5.74) is -0.149. The van der Waals surface area contributed by atoms with Gasteiger partial charge in [0.05, 0.1) is 0 Å². The highest BCUT2D eigenvalue weighted by atomic mass is 19.2. The minimum absolute atomic E-state index is 0.00238.